The molecule has 1 aliphatic carbocycles. The summed E-state index contributed by atoms with van der Waals surface area (Å²) in [6.45, 7) is 0. The maximum atomic E-state index is 11.5. The molecule has 0 saturated carbocycles. The molecule has 0 unspecified atom stereocenters. The van der Waals surface area contributed by atoms with Gasteiger partial charge in [0.1, 0.15) is 0 Å². The van der Waals surface area contributed by atoms with Crippen molar-refractivity contribution in [3.63, 3.8) is 0 Å². The lowest BCUT2D eigenvalue weighted by Gasteiger charge is -2.17. The Kier molecular flexibility index (Phi) is 3.38. The summed E-state index contributed by atoms with van der Waals surface area (Å²) in [4.78, 5) is 10.4. The highest BCUT2D eigenvalue weighted by molar-refractivity contribution is 7.90. The van der Waals surface area contributed by atoms with Crippen LogP contribution in [-0.2, 0) is 21.2 Å². The molecule has 0 fully saturated rings. The zero-order valence-electron chi connectivity index (χ0n) is 9.41. The molecular formula is C11H13NO5S. The van der Waals surface area contributed by atoms with Gasteiger partial charge in [-0.3, -0.25) is 4.79 Å². The van der Waals surface area contributed by atoms with Crippen molar-refractivity contribution in [3.05, 3.63) is 35.4 Å². The van der Waals surface area contributed by atoms with E-state index in [9.17, 15) is 18.3 Å². The van der Waals surface area contributed by atoms with Crippen LogP contribution in [0.3, 0.4) is 0 Å². The lowest BCUT2D eigenvalue weighted by atomic mass is 10.1. The van der Waals surface area contributed by atoms with Crippen LogP contribution in [0.2, 0.25) is 0 Å². The Hall–Kier alpha value is -1.44. The topological polar surface area (TPSA) is 104 Å². The van der Waals surface area contributed by atoms with E-state index in [1.807, 2.05) is 6.07 Å². The summed E-state index contributed by atoms with van der Waals surface area (Å²) < 4.78 is 25.3. The van der Waals surface area contributed by atoms with Gasteiger partial charge < -0.3 is 10.2 Å². The molecule has 1 aliphatic rings. The molecule has 0 heterocycles. The third kappa shape index (κ3) is 2.69. The van der Waals surface area contributed by atoms with Gasteiger partial charge in [-0.05, 0) is 11.1 Å². The number of nitrogens with one attached hydrogen (secondary N) is 1. The zero-order chi connectivity index (χ0) is 13.3. The van der Waals surface area contributed by atoms with Crippen LogP contribution in [0.4, 0.5) is 0 Å². The molecule has 0 saturated heterocycles. The van der Waals surface area contributed by atoms with Crippen molar-refractivity contribution in [1.82, 2.24) is 4.72 Å². The predicted molar refractivity (Wildman–Crippen MR) is 63.5 cm³/mol. The van der Waals surface area contributed by atoms with Crippen molar-refractivity contribution in [3.8, 4) is 0 Å². The summed E-state index contributed by atoms with van der Waals surface area (Å²) in [6.07, 6.45) is -0.512. The molecule has 1 aromatic rings. The van der Waals surface area contributed by atoms with Gasteiger partial charge in [-0.15, -0.1) is 0 Å². The van der Waals surface area contributed by atoms with E-state index in [0.717, 1.165) is 5.56 Å². The second-order valence-electron chi connectivity index (χ2n) is 4.22. The second-order valence-corrected chi connectivity index (χ2v) is 5.97. The highest BCUT2D eigenvalue weighted by Crippen LogP contribution is 2.31. The number of rotatable bonds is 4. The Morgan fingerprint density at radius 2 is 2.06 bits per heavy atom. The van der Waals surface area contributed by atoms with Crippen molar-refractivity contribution >= 4 is 16.0 Å². The van der Waals surface area contributed by atoms with E-state index in [2.05, 4.69) is 4.72 Å². The average Bonchev–Trinajstić information content (AvgIpc) is 2.53. The lowest BCUT2D eigenvalue weighted by molar-refractivity contribution is -0.134. The monoisotopic (exact) mass is 271 g/mol. The molecule has 0 aliphatic heterocycles. The minimum Gasteiger partial charge on any atom is -0.480 e. The molecular weight excluding hydrogens is 258 g/mol. The SMILES string of the molecule is O=C(O)CS(=O)(=O)N[C@H]1c2ccccc2C[C@H]1O. The van der Waals surface area contributed by atoms with Crippen LogP contribution >= 0.6 is 0 Å². The van der Waals surface area contributed by atoms with Gasteiger partial charge in [0, 0.05) is 6.42 Å². The van der Waals surface area contributed by atoms with Crippen LogP contribution in [0.1, 0.15) is 17.2 Å². The quantitative estimate of drug-likeness (QED) is 0.694. The Morgan fingerprint density at radius 1 is 1.39 bits per heavy atom. The smallest absolute Gasteiger partial charge is 0.320 e. The summed E-state index contributed by atoms with van der Waals surface area (Å²) in [5.74, 6) is -2.43. The minimum absolute atomic E-state index is 0.358. The molecule has 0 aromatic heterocycles. The molecule has 0 amide bonds. The maximum absolute atomic E-state index is 11.5. The molecule has 2 atom stereocenters. The molecule has 1 aromatic carbocycles. The number of carbonyl (C=O) groups is 1. The average molecular weight is 271 g/mol. The number of sulfonamides is 1. The third-order valence-electron chi connectivity index (χ3n) is 2.82. The van der Waals surface area contributed by atoms with E-state index < -0.39 is 33.9 Å². The van der Waals surface area contributed by atoms with Crippen LogP contribution in [0, 0.1) is 0 Å². The summed E-state index contributed by atoms with van der Waals surface area (Å²) in [7, 11) is -3.95. The number of aliphatic hydroxyl groups is 1. The van der Waals surface area contributed by atoms with Crippen LogP contribution < -0.4 is 4.72 Å². The zero-order valence-corrected chi connectivity index (χ0v) is 10.2. The van der Waals surface area contributed by atoms with Gasteiger partial charge in [0.25, 0.3) is 0 Å². The number of aliphatic hydroxyl groups excluding tert-OH is 1. The maximum Gasteiger partial charge on any atom is 0.320 e. The van der Waals surface area contributed by atoms with E-state index in [1.165, 1.54) is 0 Å². The van der Waals surface area contributed by atoms with Gasteiger partial charge in [-0.2, -0.15) is 0 Å². The van der Waals surface area contributed by atoms with Crippen molar-refractivity contribution in [1.29, 1.82) is 0 Å². The van der Waals surface area contributed by atoms with E-state index in [4.69, 9.17) is 5.11 Å². The first-order chi connectivity index (χ1) is 8.39. The fraction of sp³-hybridized carbons (Fsp3) is 0.364. The fourth-order valence-electron chi connectivity index (χ4n) is 2.11. The molecule has 6 nitrogen and oxygen atoms in total. The molecule has 18 heavy (non-hydrogen) atoms. The first-order valence-electron chi connectivity index (χ1n) is 5.37. The van der Waals surface area contributed by atoms with Crippen LogP contribution in [0.15, 0.2) is 24.3 Å². The van der Waals surface area contributed by atoms with Crippen molar-refractivity contribution in [2.24, 2.45) is 0 Å². The Bertz CT molecular complexity index is 569. The fourth-order valence-corrected chi connectivity index (χ4v) is 3.19. The van der Waals surface area contributed by atoms with Crippen molar-refractivity contribution in [2.45, 2.75) is 18.6 Å². The first-order valence-corrected chi connectivity index (χ1v) is 7.02. The molecule has 0 radical (unpaired) electrons. The van der Waals surface area contributed by atoms with Crippen molar-refractivity contribution in [2.75, 3.05) is 5.75 Å². The third-order valence-corrected chi connectivity index (χ3v) is 4.06. The Balaban J connectivity index is 2.22. The predicted octanol–water partition coefficient (Wildman–Crippen LogP) is -0.351. The van der Waals surface area contributed by atoms with E-state index in [1.54, 1.807) is 18.2 Å². The van der Waals surface area contributed by atoms with Crippen LogP contribution in [-0.4, -0.2) is 36.5 Å². The van der Waals surface area contributed by atoms with Gasteiger partial charge in [0.15, 0.2) is 5.75 Å². The van der Waals surface area contributed by atoms with Crippen LogP contribution in [0.5, 0.6) is 0 Å². The minimum atomic E-state index is -3.95. The molecule has 2 rings (SSSR count). The molecule has 3 N–H and O–H groups in total. The first kappa shape index (κ1) is 13.0. The number of benzene rings is 1. The molecule has 7 heteroatoms. The number of carboxylic acid groups (broad SMARTS) is 1. The largest absolute Gasteiger partial charge is 0.480 e. The Labute approximate surface area is 104 Å². The lowest BCUT2D eigenvalue weighted by Crippen LogP contribution is -2.37. The molecule has 0 bridgehead atoms. The van der Waals surface area contributed by atoms with Gasteiger partial charge in [-0.25, -0.2) is 13.1 Å². The normalized spacial score (nSPS) is 22.7. The van der Waals surface area contributed by atoms with Gasteiger partial charge in [-0.1, -0.05) is 24.3 Å². The molecule has 98 valence electrons. The summed E-state index contributed by atoms with van der Waals surface area (Å²) in [5.41, 5.74) is 1.56. The highest BCUT2D eigenvalue weighted by Gasteiger charge is 2.34. The standard InChI is InChI=1S/C11H13NO5S/c13-9-5-7-3-1-2-4-8(7)11(9)12-18(16,17)6-10(14)15/h1-4,9,11-13H,5-6H2,(H,14,15)/t9-,11+/m1/s1. The summed E-state index contributed by atoms with van der Waals surface area (Å²) in [5, 5.41) is 18.3. The number of carboxylic acids is 1. The number of hydrogen-bond acceptors (Lipinski definition) is 4. The summed E-state index contributed by atoms with van der Waals surface area (Å²) >= 11 is 0. The van der Waals surface area contributed by atoms with E-state index >= 15 is 0 Å². The number of fused-ring (bicyclic) bond motifs is 1. The molecule has 0 spiro atoms. The number of aliphatic carboxylic acids is 1. The van der Waals surface area contributed by atoms with Gasteiger partial charge in [0.2, 0.25) is 10.0 Å². The van der Waals surface area contributed by atoms with Crippen LogP contribution in [0.25, 0.3) is 0 Å². The van der Waals surface area contributed by atoms with Crippen molar-refractivity contribution < 1.29 is 23.4 Å². The Morgan fingerprint density at radius 3 is 2.72 bits per heavy atom. The van der Waals surface area contributed by atoms with Gasteiger partial charge >= 0.3 is 5.97 Å². The van der Waals surface area contributed by atoms with Gasteiger partial charge in [0.05, 0.1) is 12.1 Å². The van der Waals surface area contributed by atoms with E-state index in [0.29, 0.717) is 12.0 Å². The highest BCUT2D eigenvalue weighted by atomic mass is 32.2. The number of hydrogen-bond donors (Lipinski definition) is 3. The summed E-state index contributed by atoms with van der Waals surface area (Å²) in [6, 6.07) is 6.31. The second kappa shape index (κ2) is 4.68. The van der Waals surface area contributed by atoms with E-state index in [-0.39, 0.29) is 0 Å².